The number of esters is 1. The zero-order valence-corrected chi connectivity index (χ0v) is 58.4. The Morgan fingerprint density at radius 3 is 1.12 bits per heavy atom. The van der Waals surface area contributed by atoms with E-state index in [0.717, 1.165) is 103 Å². The number of phosphoric acid groups is 1. The van der Waals surface area contributed by atoms with Crippen molar-refractivity contribution in [1.82, 2.24) is 5.32 Å². The molecular weight excluding hydrogens is 1080 g/mol. The zero-order chi connectivity index (χ0) is 62.8. The van der Waals surface area contributed by atoms with Crippen LogP contribution in [0.5, 0.6) is 0 Å². The second-order valence-electron chi connectivity index (χ2n) is 26.1. The summed E-state index contributed by atoms with van der Waals surface area (Å²) in [4.78, 5) is 40.2. The normalized spacial score (nSPS) is 13.9. The Hall–Kier alpha value is -2.55. The van der Waals surface area contributed by atoms with E-state index in [1.54, 1.807) is 0 Å². The van der Waals surface area contributed by atoms with Crippen LogP contribution in [0.15, 0.2) is 72.9 Å². The van der Waals surface area contributed by atoms with Crippen molar-refractivity contribution in [2.75, 3.05) is 40.9 Å². The minimum absolute atomic E-state index is 0.0246. The standard InChI is InChI=1S/C76H141N2O7P/c1-7-10-13-16-19-22-25-28-30-32-34-36-38-39-41-42-44-46-48-50-53-56-59-62-65-68-75(79)77-73(72-84-86(81,82)83-71-70-78(4,5)6)74(67-64-61-58-55-52-27-24-21-18-15-12-9-3)85-76(80)69-66-63-60-57-54-51-49-47-45-43-40-37-35-33-31-29-26-23-20-17-14-11-8-2/h11,14,20,23,29,31,35,37,43,45,64,67,73-74H,7-10,12-13,15-19,21-22,24-28,30,32-34,36,38-42,44,46-63,65-66,68-72H2,1-6H3,(H-,77,79,81,82)/b14-11-,23-20-,31-29-,37-35-,45-43-,67-64+. The van der Waals surface area contributed by atoms with E-state index in [-0.39, 0.29) is 24.9 Å². The maximum atomic E-state index is 13.6. The molecule has 0 aliphatic heterocycles. The Morgan fingerprint density at radius 1 is 0.419 bits per heavy atom. The highest BCUT2D eigenvalue weighted by Crippen LogP contribution is 2.38. The first-order valence-corrected chi connectivity index (χ1v) is 38.2. The summed E-state index contributed by atoms with van der Waals surface area (Å²) in [6, 6.07) is -0.895. The molecule has 1 amide bonds. The highest BCUT2D eigenvalue weighted by molar-refractivity contribution is 7.45. The van der Waals surface area contributed by atoms with Crippen LogP contribution >= 0.6 is 7.82 Å². The monoisotopic (exact) mass is 1230 g/mol. The number of phosphoric ester groups is 1. The molecule has 86 heavy (non-hydrogen) atoms. The Labute approximate surface area is 533 Å². The molecule has 0 spiro atoms. The summed E-state index contributed by atoms with van der Waals surface area (Å²) in [6.45, 7) is 6.77. The van der Waals surface area contributed by atoms with Crippen LogP contribution in [0.3, 0.4) is 0 Å². The largest absolute Gasteiger partial charge is 0.756 e. The third-order valence-electron chi connectivity index (χ3n) is 16.4. The van der Waals surface area contributed by atoms with Gasteiger partial charge in [-0.1, -0.05) is 332 Å². The molecule has 502 valence electrons. The molecule has 3 atom stereocenters. The number of hydrogen-bond donors (Lipinski definition) is 1. The molecule has 0 aliphatic rings. The van der Waals surface area contributed by atoms with Crippen molar-refractivity contribution in [2.24, 2.45) is 0 Å². The molecular formula is C76H141N2O7P. The summed E-state index contributed by atoms with van der Waals surface area (Å²) in [5, 5.41) is 3.05. The van der Waals surface area contributed by atoms with Gasteiger partial charge in [-0.3, -0.25) is 14.2 Å². The van der Waals surface area contributed by atoms with Gasteiger partial charge in [0, 0.05) is 12.8 Å². The minimum Gasteiger partial charge on any atom is -0.756 e. The van der Waals surface area contributed by atoms with Crippen molar-refractivity contribution in [3.05, 3.63) is 72.9 Å². The number of likely N-dealkylation sites (N-methyl/N-ethyl adjacent to an activating group) is 1. The van der Waals surface area contributed by atoms with Gasteiger partial charge < -0.3 is 28.5 Å². The number of ether oxygens (including phenoxy) is 1. The van der Waals surface area contributed by atoms with Gasteiger partial charge in [-0.15, -0.1) is 0 Å². The molecule has 0 radical (unpaired) electrons. The van der Waals surface area contributed by atoms with E-state index in [0.29, 0.717) is 17.4 Å². The quantitative estimate of drug-likeness (QED) is 0.0212. The summed E-state index contributed by atoms with van der Waals surface area (Å²) < 4.78 is 30.5. The summed E-state index contributed by atoms with van der Waals surface area (Å²) in [5.41, 5.74) is 0. The molecule has 0 bridgehead atoms. The molecule has 1 N–H and O–H groups in total. The Kier molecular flexibility index (Phi) is 63.5. The van der Waals surface area contributed by atoms with Gasteiger partial charge in [0.05, 0.1) is 33.8 Å². The number of carbonyl (C=O) groups excluding carboxylic acids is 2. The molecule has 0 fully saturated rings. The lowest BCUT2D eigenvalue weighted by molar-refractivity contribution is -0.870. The van der Waals surface area contributed by atoms with Crippen LogP contribution < -0.4 is 10.2 Å². The van der Waals surface area contributed by atoms with Gasteiger partial charge >= 0.3 is 5.97 Å². The van der Waals surface area contributed by atoms with E-state index in [1.807, 2.05) is 33.3 Å². The van der Waals surface area contributed by atoms with E-state index in [1.165, 1.54) is 212 Å². The number of carbonyl (C=O) groups is 2. The SMILES string of the molecule is CC/C=C\C/C=C\C/C=C\C/C=C\C/C=C\CCCCCCCCCC(=O)OC(/C=C/CCCCCCCCCCCC)C(COP(=O)([O-])OCC[N+](C)(C)C)NC(=O)CCCCCCCCCCCCCCCCCCCCCCCCCCC. The number of nitrogens with one attached hydrogen (secondary N) is 1. The molecule has 0 rings (SSSR count). The summed E-state index contributed by atoms with van der Waals surface area (Å²) in [5.74, 6) is -0.541. The fraction of sp³-hybridized carbons (Fsp3) is 0.816. The molecule has 0 aromatic carbocycles. The fourth-order valence-electron chi connectivity index (χ4n) is 10.8. The smallest absolute Gasteiger partial charge is 0.306 e. The van der Waals surface area contributed by atoms with Crippen molar-refractivity contribution < 1.29 is 37.3 Å². The van der Waals surface area contributed by atoms with E-state index in [2.05, 4.69) is 86.8 Å². The summed E-state index contributed by atoms with van der Waals surface area (Å²) >= 11 is 0. The van der Waals surface area contributed by atoms with Gasteiger partial charge in [0.15, 0.2) is 0 Å². The predicted octanol–water partition coefficient (Wildman–Crippen LogP) is 22.9. The molecule has 0 saturated carbocycles. The third-order valence-corrected chi connectivity index (χ3v) is 17.4. The number of amides is 1. The lowest BCUT2D eigenvalue weighted by atomic mass is 10.0. The second kappa shape index (κ2) is 65.4. The number of rotatable bonds is 67. The van der Waals surface area contributed by atoms with Gasteiger partial charge in [0.1, 0.15) is 19.3 Å². The number of quaternary nitrogens is 1. The van der Waals surface area contributed by atoms with E-state index in [4.69, 9.17) is 13.8 Å². The van der Waals surface area contributed by atoms with E-state index in [9.17, 15) is 19.0 Å². The molecule has 10 heteroatoms. The summed E-state index contributed by atoms with van der Waals surface area (Å²) in [7, 11) is 1.19. The average Bonchev–Trinajstić information content (AvgIpc) is 3.69. The van der Waals surface area contributed by atoms with E-state index >= 15 is 0 Å². The number of hydrogen-bond acceptors (Lipinski definition) is 7. The van der Waals surface area contributed by atoms with Crippen molar-refractivity contribution in [1.29, 1.82) is 0 Å². The van der Waals surface area contributed by atoms with Gasteiger partial charge in [0.2, 0.25) is 5.91 Å². The van der Waals surface area contributed by atoms with Crippen LogP contribution in [0.4, 0.5) is 0 Å². The van der Waals surface area contributed by atoms with Crippen molar-refractivity contribution >= 4 is 19.7 Å². The highest BCUT2D eigenvalue weighted by Gasteiger charge is 2.27. The van der Waals surface area contributed by atoms with Crippen molar-refractivity contribution in [3.8, 4) is 0 Å². The molecule has 0 heterocycles. The lowest BCUT2D eigenvalue weighted by Gasteiger charge is -2.30. The van der Waals surface area contributed by atoms with Crippen LogP contribution in [0, 0.1) is 0 Å². The van der Waals surface area contributed by atoms with Gasteiger partial charge in [-0.25, -0.2) is 0 Å². The molecule has 0 aromatic heterocycles. The maximum absolute atomic E-state index is 13.6. The lowest BCUT2D eigenvalue weighted by Crippen LogP contribution is -2.47. The first-order chi connectivity index (χ1) is 41.9. The third kappa shape index (κ3) is 65.9. The first kappa shape index (κ1) is 83.5. The first-order valence-electron chi connectivity index (χ1n) is 36.7. The molecule has 0 aliphatic carbocycles. The topological polar surface area (TPSA) is 114 Å². The predicted molar refractivity (Wildman–Crippen MR) is 372 cm³/mol. The molecule has 0 saturated heterocycles. The van der Waals surface area contributed by atoms with Crippen LogP contribution in [0.25, 0.3) is 0 Å². The van der Waals surface area contributed by atoms with E-state index < -0.39 is 26.6 Å². The number of unbranched alkanes of at least 4 members (excludes halogenated alkanes) is 41. The Balaban J connectivity index is 5.03. The molecule has 0 aromatic rings. The van der Waals surface area contributed by atoms with Gasteiger partial charge in [0.25, 0.3) is 7.82 Å². The average molecular weight is 1230 g/mol. The number of nitrogens with zero attached hydrogens (tertiary/aromatic N) is 1. The fourth-order valence-corrected chi connectivity index (χ4v) is 11.5. The van der Waals surface area contributed by atoms with Crippen LogP contribution in [0.1, 0.15) is 348 Å². The minimum atomic E-state index is -4.71. The van der Waals surface area contributed by atoms with Gasteiger partial charge in [-0.05, 0) is 76.7 Å². The number of allylic oxidation sites excluding steroid dienone is 11. The van der Waals surface area contributed by atoms with Crippen LogP contribution in [-0.2, 0) is 27.9 Å². The van der Waals surface area contributed by atoms with Crippen molar-refractivity contribution in [2.45, 2.75) is 360 Å². The second-order valence-corrected chi connectivity index (χ2v) is 27.5. The Morgan fingerprint density at radius 2 is 0.744 bits per heavy atom. The summed E-state index contributed by atoms with van der Waals surface area (Å²) in [6.07, 6.45) is 86.0. The maximum Gasteiger partial charge on any atom is 0.306 e. The molecule has 3 unspecified atom stereocenters. The molecule has 9 nitrogen and oxygen atoms in total. The van der Waals surface area contributed by atoms with Crippen LogP contribution in [0.2, 0.25) is 0 Å². The highest BCUT2D eigenvalue weighted by atomic mass is 31.2. The van der Waals surface area contributed by atoms with Crippen molar-refractivity contribution in [3.63, 3.8) is 0 Å². The van der Waals surface area contributed by atoms with Gasteiger partial charge in [-0.2, -0.15) is 0 Å². The zero-order valence-electron chi connectivity index (χ0n) is 57.5. The Bertz CT molecular complexity index is 1700. The van der Waals surface area contributed by atoms with Crippen LogP contribution in [-0.4, -0.2) is 69.4 Å².